The van der Waals surface area contributed by atoms with Crippen molar-refractivity contribution in [2.75, 3.05) is 7.11 Å². The van der Waals surface area contributed by atoms with Gasteiger partial charge in [-0.15, -0.1) is 0 Å². The average Bonchev–Trinajstić information content (AvgIpc) is 2.40. The van der Waals surface area contributed by atoms with Gasteiger partial charge >= 0.3 is 0 Å². The molecule has 0 saturated carbocycles. The molecule has 0 saturated heterocycles. The maximum atomic E-state index is 5.18. The smallest absolute Gasteiger partial charge is 0.103 e. The van der Waals surface area contributed by atoms with Gasteiger partial charge in [-0.05, 0) is 29.3 Å². The molecule has 0 spiro atoms. The van der Waals surface area contributed by atoms with Crippen molar-refractivity contribution in [3.05, 3.63) is 20.7 Å². The topological polar surface area (TPSA) is 25.0 Å². The Kier molecular flexibility index (Phi) is 3.20. The van der Waals surface area contributed by atoms with Crippen molar-refractivity contribution in [2.24, 2.45) is 0 Å². The summed E-state index contributed by atoms with van der Waals surface area (Å²) in [4.78, 5) is 3.22. The van der Waals surface area contributed by atoms with Gasteiger partial charge < -0.3 is 9.72 Å². The molecule has 0 fully saturated rings. The van der Waals surface area contributed by atoms with Crippen LogP contribution in [-0.2, 0) is 11.2 Å². The zero-order chi connectivity index (χ0) is 10.0. The van der Waals surface area contributed by atoms with Gasteiger partial charge in [0, 0.05) is 15.5 Å². The number of rotatable bonds is 2. The lowest BCUT2D eigenvalue weighted by Crippen LogP contribution is -2.24. The monoisotopic (exact) mass is 243 g/mol. The van der Waals surface area contributed by atoms with Gasteiger partial charge in [-0.1, -0.05) is 13.5 Å². The van der Waals surface area contributed by atoms with E-state index in [0.717, 1.165) is 32.9 Å². The predicted molar refractivity (Wildman–Crippen MR) is 58.7 cm³/mol. The minimum Gasteiger partial charge on any atom is -0.501 e. The number of aromatic nitrogens is 1. The third kappa shape index (κ3) is 1.80. The first-order valence-corrected chi connectivity index (χ1v) is 5.01. The summed E-state index contributed by atoms with van der Waals surface area (Å²) >= 11 is 3.53. The minimum atomic E-state index is 0.882. The van der Waals surface area contributed by atoms with E-state index in [2.05, 4.69) is 34.4 Å². The number of aryl methyl sites for hydroxylation is 1. The molecule has 0 aliphatic rings. The second-order valence-electron chi connectivity index (χ2n) is 2.88. The standard InChI is InChI=1S/C10H14BrNO/c1-5-8-10(11)9(6(2)12-8)7(3)13-4/h12H,2,5H2,1,3-4H3/b9-7-. The molecule has 3 heteroatoms. The van der Waals surface area contributed by atoms with Crippen LogP contribution in [0.15, 0.2) is 4.47 Å². The van der Waals surface area contributed by atoms with Crippen LogP contribution in [-0.4, -0.2) is 12.1 Å². The third-order valence-electron chi connectivity index (χ3n) is 2.10. The van der Waals surface area contributed by atoms with Gasteiger partial charge in [0.1, 0.15) is 5.76 Å². The fraction of sp³-hybridized carbons (Fsp3) is 0.400. The van der Waals surface area contributed by atoms with Crippen LogP contribution in [0.1, 0.15) is 19.5 Å². The van der Waals surface area contributed by atoms with E-state index in [1.165, 1.54) is 0 Å². The van der Waals surface area contributed by atoms with Crippen LogP contribution in [0, 0.1) is 0 Å². The number of hydrogen-bond acceptors (Lipinski definition) is 1. The van der Waals surface area contributed by atoms with Crippen molar-refractivity contribution >= 4 is 28.3 Å². The second kappa shape index (κ2) is 4.01. The molecule has 0 amide bonds. The van der Waals surface area contributed by atoms with E-state index < -0.39 is 0 Å². The normalized spacial score (nSPS) is 12.9. The lowest BCUT2D eigenvalue weighted by atomic mass is 10.3. The first kappa shape index (κ1) is 10.4. The van der Waals surface area contributed by atoms with Crippen LogP contribution in [0.25, 0.3) is 12.3 Å². The quantitative estimate of drug-likeness (QED) is 0.838. The van der Waals surface area contributed by atoms with Crippen molar-refractivity contribution in [1.82, 2.24) is 4.98 Å². The first-order chi connectivity index (χ1) is 6.11. The van der Waals surface area contributed by atoms with Crippen molar-refractivity contribution in [1.29, 1.82) is 0 Å². The Labute approximate surface area is 86.4 Å². The fourth-order valence-electron chi connectivity index (χ4n) is 1.30. The highest BCUT2D eigenvalue weighted by Gasteiger charge is 2.05. The van der Waals surface area contributed by atoms with Crippen LogP contribution in [0.4, 0.5) is 0 Å². The summed E-state index contributed by atoms with van der Waals surface area (Å²) in [5, 5.41) is 1.95. The summed E-state index contributed by atoms with van der Waals surface area (Å²) in [7, 11) is 1.67. The van der Waals surface area contributed by atoms with E-state index in [1.54, 1.807) is 7.11 Å². The minimum absolute atomic E-state index is 0.882. The molecule has 1 aromatic heterocycles. The lowest BCUT2D eigenvalue weighted by molar-refractivity contribution is 0.360. The number of hydrogen-bond donors (Lipinski definition) is 1. The first-order valence-electron chi connectivity index (χ1n) is 4.22. The molecule has 72 valence electrons. The van der Waals surface area contributed by atoms with Gasteiger partial charge in [0.25, 0.3) is 0 Å². The predicted octanol–water partition coefficient (Wildman–Crippen LogP) is 1.52. The van der Waals surface area contributed by atoms with Gasteiger partial charge in [0.2, 0.25) is 0 Å². The number of nitrogens with one attached hydrogen (secondary N) is 1. The Hall–Kier alpha value is -0.700. The summed E-state index contributed by atoms with van der Waals surface area (Å²) in [5.74, 6) is 0.882. The fourth-order valence-corrected chi connectivity index (χ4v) is 2.19. The van der Waals surface area contributed by atoms with Crippen molar-refractivity contribution in [3.63, 3.8) is 0 Å². The number of H-pyrrole nitrogens is 1. The Morgan fingerprint density at radius 1 is 1.62 bits per heavy atom. The van der Waals surface area contributed by atoms with Gasteiger partial charge in [0.15, 0.2) is 0 Å². The molecule has 0 radical (unpaired) electrons. The molecular formula is C10H14BrNO. The average molecular weight is 244 g/mol. The maximum absolute atomic E-state index is 5.18. The molecule has 0 aliphatic carbocycles. The Bertz CT molecular complexity index is 405. The van der Waals surface area contributed by atoms with Crippen LogP contribution < -0.4 is 10.6 Å². The van der Waals surface area contributed by atoms with Gasteiger partial charge in [-0.3, -0.25) is 0 Å². The number of halogens is 1. The van der Waals surface area contributed by atoms with Crippen LogP contribution >= 0.6 is 15.9 Å². The molecule has 0 unspecified atom stereocenters. The zero-order valence-electron chi connectivity index (χ0n) is 8.20. The molecule has 0 bridgehead atoms. The molecular weight excluding hydrogens is 230 g/mol. The highest BCUT2D eigenvalue weighted by molar-refractivity contribution is 9.10. The molecule has 1 heterocycles. The Morgan fingerprint density at radius 2 is 2.23 bits per heavy atom. The molecule has 1 rings (SSSR count). The van der Waals surface area contributed by atoms with Gasteiger partial charge in [-0.2, -0.15) is 0 Å². The van der Waals surface area contributed by atoms with E-state index in [4.69, 9.17) is 4.74 Å². The summed E-state index contributed by atoms with van der Waals surface area (Å²) in [6.07, 6.45) is 0.958. The highest BCUT2D eigenvalue weighted by atomic mass is 79.9. The van der Waals surface area contributed by atoms with Crippen molar-refractivity contribution in [3.8, 4) is 0 Å². The van der Waals surface area contributed by atoms with E-state index >= 15 is 0 Å². The lowest BCUT2D eigenvalue weighted by Gasteiger charge is -1.96. The van der Waals surface area contributed by atoms with E-state index in [9.17, 15) is 0 Å². The molecule has 0 aromatic carbocycles. The van der Waals surface area contributed by atoms with Gasteiger partial charge in [0.05, 0.1) is 12.3 Å². The van der Waals surface area contributed by atoms with Crippen molar-refractivity contribution in [2.45, 2.75) is 20.3 Å². The molecule has 1 N–H and O–H groups in total. The van der Waals surface area contributed by atoms with Gasteiger partial charge in [-0.25, -0.2) is 0 Å². The molecule has 1 aromatic rings. The second-order valence-corrected chi connectivity index (χ2v) is 3.68. The third-order valence-corrected chi connectivity index (χ3v) is 2.97. The van der Waals surface area contributed by atoms with Crippen molar-refractivity contribution < 1.29 is 4.74 Å². The van der Waals surface area contributed by atoms with Crippen LogP contribution in [0.2, 0.25) is 0 Å². The maximum Gasteiger partial charge on any atom is 0.103 e. The number of ether oxygens (including phenoxy) is 1. The Balaban J connectivity index is 3.56. The summed E-state index contributed by atoms with van der Waals surface area (Å²) in [6, 6.07) is 0. The summed E-state index contributed by atoms with van der Waals surface area (Å²) in [5.41, 5.74) is 1.16. The Morgan fingerprint density at radius 3 is 2.62 bits per heavy atom. The zero-order valence-corrected chi connectivity index (χ0v) is 9.79. The number of methoxy groups -OCH3 is 1. The SMILES string of the molecule is C=c1[nH]c(CC)c(Br)/c1=C(/C)OC. The molecule has 2 nitrogen and oxygen atoms in total. The largest absolute Gasteiger partial charge is 0.501 e. The summed E-state index contributed by atoms with van der Waals surface area (Å²) < 4.78 is 6.25. The highest BCUT2D eigenvalue weighted by Crippen LogP contribution is 2.09. The molecule has 13 heavy (non-hydrogen) atoms. The summed E-state index contributed by atoms with van der Waals surface area (Å²) in [6.45, 7) is 7.96. The molecule has 0 aliphatic heterocycles. The van der Waals surface area contributed by atoms with E-state index in [1.807, 2.05) is 6.92 Å². The van der Waals surface area contributed by atoms with Crippen LogP contribution in [0.5, 0.6) is 0 Å². The van der Waals surface area contributed by atoms with Crippen LogP contribution in [0.3, 0.4) is 0 Å². The van der Waals surface area contributed by atoms with E-state index in [-0.39, 0.29) is 0 Å². The molecule has 0 atom stereocenters. The van der Waals surface area contributed by atoms with E-state index in [0.29, 0.717) is 0 Å². The number of aromatic amines is 1.